The Hall–Kier alpha value is -1.95. The lowest BCUT2D eigenvalue weighted by atomic mass is 10.3. The van der Waals surface area contributed by atoms with Crippen LogP contribution in [0.25, 0.3) is 10.6 Å². The maximum atomic E-state index is 11.6. The summed E-state index contributed by atoms with van der Waals surface area (Å²) in [4.78, 5) is 20.1. The monoisotopic (exact) mass is 291 g/mol. The molecule has 0 bridgehead atoms. The number of amides is 1. The van der Waals surface area contributed by atoms with Gasteiger partial charge in [0.1, 0.15) is 10.0 Å². The number of hydrogen-bond donors (Lipinski definition) is 1. The number of aryl methyl sites for hydroxylation is 1. The third-order valence-corrected chi connectivity index (χ3v) is 3.77. The molecule has 1 N–H and O–H groups in total. The number of aromatic nitrogens is 2. The minimum atomic E-state index is -0.428. The number of hydrogen-bond acceptors (Lipinski definition) is 5. The van der Waals surface area contributed by atoms with E-state index in [0.29, 0.717) is 11.6 Å². The summed E-state index contributed by atoms with van der Waals surface area (Å²) in [7, 11) is 0. The fourth-order valence-corrected chi connectivity index (χ4v) is 2.51. The molecule has 2 rings (SSSR count). The average molecular weight is 291 g/mol. The molecule has 0 aliphatic heterocycles. The maximum Gasteiger partial charge on any atom is 0.412 e. The molecule has 106 valence electrons. The predicted molar refractivity (Wildman–Crippen MR) is 80.0 cm³/mol. The number of rotatable bonds is 5. The fraction of sp³-hybridized carbons (Fsp3) is 0.357. The van der Waals surface area contributed by atoms with Crippen molar-refractivity contribution in [2.45, 2.75) is 26.7 Å². The van der Waals surface area contributed by atoms with Crippen LogP contribution in [0.1, 0.15) is 25.5 Å². The zero-order valence-electron chi connectivity index (χ0n) is 11.5. The zero-order chi connectivity index (χ0) is 14.4. The number of thiazole rings is 1. The molecule has 1 amide bonds. The number of anilines is 1. The normalized spacial score (nSPS) is 10.3. The van der Waals surface area contributed by atoms with Crippen molar-refractivity contribution in [2.75, 3.05) is 11.9 Å². The van der Waals surface area contributed by atoms with Crippen LogP contribution in [0.3, 0.4) is 0 Å². The molecule has 0 unspecified atom stereocenters. The van der Waals surface area contributed by atoms with Crippen molar-refractivity contribution in [3.8, 4) is 10.6 Å². The van der Waals surface area contributed by atoms with E-state index in [1.165, 1.54) is 11.3 Å². The van der Waals surface area contributed by atoms with E-state index in [-0.39, 0.29) is 0 Å². The van der Waals surface area contributed by atoms with Gasteiger partial charge >= 0.3 is 6.09 Å². The van der Waals surface area contributed by atoms with Crippen LogP contribution in [0, 0.1) is 6.92 Å². The summed E-state index contributed by atoms with van der Waals surface area (Å²) in [6, 6.07) is 3.80. The Labute approximate surface area is 122 Å². The molecule has 0 saturated carbocycles. The van der Waals surface area contributed by atoms with E-state index in [1.54, 1.807) is 12.4 Å². The summed E-state index contributed by atoms with van der Waals surface area (Å²) >= 11 is 1.42. The molecule has 0 fully saturated rings. The lowest BCUT2D eigenvalue weighted by Crippen LogP contribution is -2.14. The van der Waals surface area contributed by atoms with Crippen molar-refractivity contribution < 1.29 is 9.53 Å². The lowest BCUT2D eigenvalue weighted by Gasteiger charge is -2.04. The highest BCUT2D eigenvalue weighted by Crippen LogP contribution is 2.31. The first-order valence-corrected chi connectivity index (χ1v) is 7.34. The number of carbonyl (C=O) groups excluding carboxylic acids is 1. The van der Waals surface area contributed by atoms with Gasteiger partial charge in [-0.1, -0.05) is 24.7 Å². The smallest absolute Gasteiger partial charge is 0.412 e. The second-order valence-electron chi connectivity index (χ2n) is 4.29. The number of nitrogens with zero attached hydrogens (tertiary/aromatic N) is 2. The molecule has 0 aromatic carbocycles. The number of unbranched alkanes of at least 4 members (excludes halogenated alkanes) is 1. The molecule has 0 radical (unpaired) electrons. The van der Waals surface area contributed by atoms with Gasteiger partial charge in [0.2, 0.25) is 0 Å². The van der Waals surface area contributed by atoms with Crippen LogP contribution in [0.15, 0.2) is 24.5 Å². The van der Waals surface area contributed by atoms with E-state index in [9.17, 15) is 4.79 Å². The van der Waals surface area contributed by atoms with Crippen molar-refractivity contribution in [3.05, 3.63) is 30.2 Å². The third kappa shape index (κ3) is 3.77. The highest BCUT2D eigenvalue weighted by molar-refractivity contribution is 7.19. The van der Waals surface area contributed by atoms with Gasteiger partial charge in [-0.2, -0.15) is 0 Å². The van der Waals surface area contributed by atoms with E-state index in [1.807, 2.05) is 19.1 Å². The molecular formula is C14H17N3O2S. The molecule has 20 heavy (non-hydrogen) atoms. The molecule has 0 spiro atoms. The standard InChI is InChI=1S/C14H17N3O2S/c1-3-4-8-19-14(18)17-12-10(2)16-13(20-12)11-6-5-7-15-9-11/h5-7,9H,3-4,8H2,1-2H3,(H,17,18). The average Bonchev–Trinajstić information content (AvgIpc) is 2.81. The van der Waals surface area contributed by atoms with Crippen LogP contribution in [0.4, 0.5) is 9.80 Å². The van der Waals surface area contributed by atoms with Crippen LogP contribution in [0.2, 0.25) is 0 Å². The summed E-state index contributed by atoms with van der Waals surface area (Å²) in [6.07, 6.45) is 4.91. The van der Waals surface area contributed by atoms with E-state index >= 15 is 0 Å². The van der Waals surface area contributed by atoms with Crippen LogP contribution in [-0.4, -0.2) is 22.7 Å². The molecule has 6 heteroatoms. The van der Waals surface area contributed by atoms with Gasteiger partial charge in [0.05, 0.1) is 12.3 Å². The lowest BCUT2D eigenvalue weighted by molar-refractivity contribution is 0.160. The second-order valence-corrected chi connectivity index (χ2v) is 5.29. The van der Waals surface area contributed by atoms with E-state index < -0.39 is 6.09 Å². The SMILES string of the molecule is CCCCOC(=O)Nc1sc(-c2cccnc2)nc1C. The Morgan fingerprint density at radius 2 is 2.35 bits per heavy atom. The first kappa shape index (κ1) is 14.5. The quantitative estimate of drug-likeness (QED) is 0.849. The minimum absolute atomic E-state index is 0.428. The molecule has 0 saturated heterocycles. The largest absolute Gasteiger partial charge is 0.449 e. The summed E-state index contributed by atoms with van der Waals surface area (Å²) in [6.45, 7) is 4.35. The van der Waals surface area contributed by atoms with Gasteiger partial charge in [0, 0.05) is 18.0 Å². The third-order valence-electron chi connectivity index (χ3n) is 2.65. The topological polar surface area (TPSA) is 64.1 Å². The Kier molecular flexibility index (Phi) is 5.06. The fourth-order valence-electron chi connectivity index (χ4n) is 1.56. The first-order chi connectivity index (χ1) is 9.70. The highest BCUT2D eigenvalue weighted by Gasteiger charge is 2.12. The maximum absolute atomic E-state index is 11.6. The van der Waals surface area contributed by atoms with Crippen molar-refractivity contribution in [3.63, 3.8) is 0 Å². The highest BCUT2D eigenvalue weighted by atomic mass is 32.1. The number of pyridine rings is 1. The van der Waals surface area contributed by atoms with Gasteiger partial charge in [-0.25, -0.2) is 9.78 Å². The van der Waals surface area contributed by atoms with Crippen LogP contribution < -0.4 is 5.32 Å². The van der Waals surface area contributed by atoms with Crippen molar-refractivity contribution in [2.24, 2.45) is 0 Å². The van der Waals surface area contributed by atoms with E-state index in [0.717, 1.165) is 29.1 Å². The van der Waals surface area contributed by atoms with Gasteiger partial charge in [-0.3, -0.25) is 10.3 Å². The van der Waals surface area contributed by atoms with Crippen LogP contribution in [0.5, 0.6) is 0 Å². The molecule has 2 aromatic rings. The molecule has 2 aromatic heterocycles. The van der Waals surface area contributed by atoms with Crippen molar-refractivity contribution in [1.82, 2.24) is 9.97 Å². The number of carbonyl (C=O) groups is 1. The van der Waals surface area contributed by atoms with Gasteiger partial charge < -0.3 is 4.74 Å². The first-order valence-electron chi connectivity index (χ1n) is 6.52. The van der Waals surface area contributed by atoms with Crippen molar-refractivity contribution in [1.29, 1.82) is 0 Å². The molecule has 0 aliphatic rings. The van der Waals surface area contributed by atoms with E-state index in [4.69, 9.17) is 4.74 Å². The van der Waals surface area contributed by atoms with Gasteiger partial charge in [-0.05, 0) is 25.5 Å². The Morgan fingerprint density at radius 1 is 1.50 bits per heavy atom. The molecular weight excluding hydrogens is 274 g/mol. The van der Waals surface area contributed by atoms with E-state index in [2.05, 4.69) is 22.2 Å². The van der Waals surface area contributed by atoms with Gasteiger partial charge in [-0.15, -0.1) is 0 Å². The second kappa shape index (κ2) is 7.00. The Balaban J connectivity index is 2.03. The van der Waals surface area contributed by atoms with Gasteiger partial charge in [0.15, 0.2) is 0 Å². The molecule has 2 heterocycles. The van der Waals surface area contributed by atoms with Crippen molar-refractivity contribution >= 4 is 22.4 Å². The number of ether oxygens (including phenoxy) is 1. The summed E-state index contributed by atoms with van der Waals surface area (Å²) in [5.41, 5.74) is 1.72. The zero-order valence-corrected chi connectivity index (χ0v) is 12.4. The van der Waals surface area contributed by atoms with Crippen LogP contribution in [-0.2, 0) is 4.74 Å². The van der Waals surface area contributed by atoms with Gasteiger partial charge in [0.25, 0.3) is 0 Å². The summed E-state index contributed by atoms with van der Waals surface area (Å²) < 4.78 is 5.07. The minimum Gasteiger partial charge on any atom is -0.449 e. The van der Waals surface area contributed by atoms with Crippen LogP contribution >= 0.6 is 11.3 Å². The summed E-state index contributed by atoms with van der Waals surface area (Å²) in [5.74, 6) is 0. The summed E-state index contributed by atoms with van der Waals surface area (Å²) in [5, 5.41) is 4.28. The Morgan fingerprint density at radius 3 is 3.05 bits per heavy atom. The Bertz CT molecular complexity index is 569. The molecule has 0 aliphatic carbocycles. The molecule has 0 atom stereocenters. The number of nitrogens with one attached hydrogen (secondary N) is 1. The molecule has 5 nitrogen and oxygen atoms in total. The predicted octanol–water partition coefficient (Wildman–Crippen LogP) is 3.86.